The molecule has 0 bridgehead atoms. The third kappa shape index (κ3) is 3.47. The zero-order valence-corrected chi connectivity index (χ0v) is 11.3. The molecule has 0 saturated carbocycles. The second kappa shape index (κ2) is 6.57. The summed E-state index contributed by atoms with van der Waals surface area (Å²) < 4.78 is 5.39. The first kappa shape index (κ1) is 13.9. The molecule has 0 aliphatic carbocycles. The summed E-state index contributed by atoms with van der Waals surface area (Å²) in [6.07, 6.45) is 3.37. The number of nitrogens with zero attached hydrogens (tertiary/aromatic N) is 1. The Morgan fingerprint density at radius 2 is 1.89 bits per heavy atom. The molecule has 0 amide bonds. The van der Waals surface area contributed by atoms with E-state index in [1.807, 2.05) is 31.2 Å². The number of carboxylic acids is 1. The summed E-state index contributed by atoms with van der Waals surface area (Å²) in [5, 5.41) is 9.48. The first-order valence-electron chi connectivity index (χ1n) is 6.92. The number of carboxylic acid groups (broad SMARTS) is 1. The van der Waals surface area contributed by atoms with Crippen LogP contribution in [0.5, 0.6) is 5.75 Å². The molecule has 1 N–H and O–H groups in total. The number of carbonyl (C=O) groups is 1. The number of aliphatic carboxylic acids is 1. The third-order valence-corrected chi connectivity index (χ3v) is 3.50. The van der Waals surface area contributed by atoms with Crippen molar-refractivity contribution < 1.29 is 14.6 Å². The van der Waals surface area contributed by atoms with Crippen molar-refractivity contribution in [1.29, 1.82) is 0 Å². The lowest BCUT2D eigenvalue weighted by atomic mass is 10.0. The van der Waals surface area contributed by atoms with Crippen molar-refractivity contribution in [1.82, 2.24) is 4.90 Å². The number of benzene rings is 1. The van der Waals surface area contributed by atoms with Crippen LogP contribution in [0.25, 0.3) is 0 Å². The highest BCUT2D eigenvalue weighted by Crippen LogP contribution is 2.26. The van der Waals surface area contributed by atoms with Gasteiger partial charge >= 0.3 is 5.97 Å². The summed E-state index contributed by atoms with van der Waals surface area (Å²) in [5.74, 6) is 0.0140. The fourth-order valence-electron chi connectivity index (χ4n) is 2.60. The molecule has 4 nitrogen and oxygen atoms in total. The Hall–Kier alpha value is -1.55. The lowest BCUT2D eigenvalue weighted by Gasteiger charge is -2.32. The van der Waals surface area contributed by atoms with Crippen molar-refractivity contribution in [2.45, 2.75) is 32.2 Å². The summed E-state index contributed by atoms with van der Waals surface area (Å²) >= 11 is 0. The Balaban J connectivity index is 2.15. The monoisotopic (exact) mass is 263 g/mol. The van der Waals surface area contributed by atoms with Crippen LogP contribution in [0.1, 0.15) is 37.8 Å². The van der Waals surface area contributed by atoms with Gasteiger partial charge in [0.25, 0.3) is 0 Å². The van der Waals surface area contributed by atoms with Crippen LogP contribution >= 0.6 is 0 Å². The SMILES string of the molecule is CCOc1ccc(C(C(=O)O)N2CCCCC2)cc1. The van der Waals surface area contributed by atoms with Gasteiger partial charge in [0.2, 0.25) is 0 Å². The molecule has 4 heteroatoms. The molecule has 0 radical (unpaired) electrons. The Labute approximate surface area is 114 Å². The number of rotatable bonds is 5. The van der Waals surface area contributed by atoms with Gasteiger partial charge in [-0.25, -0.2) is 0 Å². The van der Waals surface area contributed by atoms with E-state index in [0.717, 1.165) is 37.2 Å². The first-order chi connectivity index (χ1) is 9.22. The van der Waals surface area contributed by atoms with Gasteiger partial charge in [-0.3, -0.25) is 9.69 Å². The Morgan fingerprint density at radius 3 is 2.42 bits per heavy atom. The zero-order chi connectivity index (χ0) is 13.7. The Bertz CT molecular complexity index is 410. The molecule has 1 aliphatic heterocycles. The van der Waals surface area contributed by atoms with Crippen LogP contribution < -0.4 is 4.74 Å². The maximum absolute atomic E-state index is 11.5. The highest BCUT2D eigenvalue weighted by atomic mass is 16.5. The fraction of sp³-hybridized carbons (Fsp3) is 0.533. The molecular formula is C15H21NO3. The van der Waals surface area contributed by atoms with E-state index in [9.17, 15) is 9.90 Å². The van der Waals surface area contributed by atoms with Crippen LogP contribution in [0, 0.1) is 0 Å². The van der Waals surface area contributed by atoms with Gasteiger partial charge in [0.1, 0.15) is 11.8 Å². The van der Waals surface area contributed by atoms with Crippen molar-refractivity contribution in [3.8, 4) is 5.75 Å². The number of hydrogen-bond acceptors (Lipinski definition) is 3. The average molecular weight is 263 g/mol. The van der Waals surface area contributed by atoms with Gasteiger partial charge in [0, 0.05) is 0 Å². The molecule has 19 heavy (non-hydrogen) atoms. The van der Waals surface area contributed by atoms with Gasteiger partial charge in [-0.1, -0.05) is 18.6 Å². The standard InChI is InChI=1S/C15H21NO3/c1-2-19-13-8-6-12(7-9-13)14(15(17)18)16-10-4-3-5-11-16/h6-9,14H,2-5,10-11H2,1H3,(H,17,18). The number of piperidine rings is 1. The lowest BCUT2D eigenvalue weighted by molar-refractivity contribution is -0.144. The highest BCUT2D eigenvalue weighted by Gasteiger charge is 2.28. The minimum atomic E-state index is -0.772. The lowest BCUT2D eigenvalue weighted by Crippen LogP contribution is -2.37. The molecule has 1 aromatic carbocycles. The predicted octanol–water partition coefficient (Wildman–Crippen LogP) is 2.70. The van der Waals surface area contributed by atoms with Gasteiger partial charge < -0.3 is 9.84 Å². The number of ether oxygens (including phenoxy) is 1. The van der Waals surface area contributed by atoms with Crippen LogP contribution in [0.2, 0.25) is 0 Å². The van der Waals surface area contributed by atoms with Gasteiger partial charge in [0.05, 0.1) is 6.61 Å². The predicted molar refractivity (Wildman–Crippen MR) is 73.4 cm³/mol. The normalized spacial score (nSPS) is 17.9. The van der Waals surface area contributed by atoms with Crippen molar-refractivity contribution in [2.75, 3.05) is 19.7 Å². The van der Waals surface area contributed by atoms with Crippen LogP contribution in [0.4, 0.5) is 0 Å². The first-order valence-corrected chi connectivity index (χ1v) is 6.92. The number of hydrogen-bond donors (Lipinski definition) is 1. The molecule has 1 atom stereocenters. The molecule has 1 fully saturated rings. The van der Waals surface area contributed by atoms with E-state index in [4.69, 9.17) is 4.74 Å². The van der Waals surface area contributed by atoms with Crippen LogP contribution in [0.15, 0.2) is 24.3 Å². The molecule has 0 spiro atoms. The molecule has 1 aromatic rings. The summed E-state index contributed by atoms with van der Waals surface area (Å²) in [4.78, 5) is 13.6. The van der Waals surface area contributed by atoms with Crippen molar-refractivity contribution in [3.63, 3.8) is 0 Å². The zero-order valence-electron chi connectivity index (χ0n) is 11.3. The minimum absolute atomic E-state index is 0.532. The average Bonchev–Trinajstić information content (AvgIpc) is 2.42. The Morgan fingerprint density at radius 1 is 1.26 bits per heavy atom. The summed E-state index contributed by atoms with van der Waals surface area (Å²) in [6.45, 7) is 4.28. The smallest absolute Gasteiger partial charge is 0.325 e. The molecule has 1 heterocycles. The summed E-state index contributed by atoms with van der Waals surface area (Å²) in [6, 6.07) is 6.88. The van der Waals surface area contributed by atoms with E-state index in [2.05, 4.69) is 4.90 Å². The molecule has 1 aliphatic rings. The molecule has 1 saturated heterocycles. The van der Waals surface area contributed by atoms with Gasteiger partial charge in [-0.2, -0.15) is 0 Å². The quantitative estimate of drug-likeness (QED) is 0.887. The highest BCUT2D eigenvalue weighted by molar-refractivity contribution is 5.75. The molecule has 104 valence electrons. The van der Waals surface area contributed by atoms with E-state index >= 15 is 0 Å². The van der Waals surface area contributed by atoms with Crippen molar-refractivity contribution >= 4 is 5.97 Å². The van der Waals surface area contributed by atoms with E-state index in [1.54, 1.807) is 0 Å². The second-order valence-corrected chi connectivity index (χ2v) is 4.84. The van der Waals surface area contributed by atoms with E-state index in [0.29, 0.717) is 6.61 Å². The van der Waals surface area contributed by atoms with Gasteiger partial charge in [-0.05, 0) is 50.6 Å². The maximum atomic E-state index is 11.5. The van der Waals surface area contributed by atoms with Crippen LogP contribution in [-0.2, 0) is 4.79 Å². The molecule has 0 aromatic heterocycles. The number of likely N-dealkylation sites (tertiary alicyclic amines) is 1. The summed E-state index contributed by atoms with van der Waals surface area (Å²) in [5.41, 5.74) is 0.831. The van der Waals surface area contributed by atoms with Crippen LogP contribution in [-0.4, -0.2) is 35.7 Å². The van der Waals surface area contributed by atoms with Gasteiger partial charge in [0.15, 0.2) is 0 Å². The summed E-state index contributed by atoms with van der Waals surface area (Å²) in [7, 11) is 0. The largest absolute Gasteiger partial charge is 0.494 e. The van der Waals surface area contributed by atoms with E-state index < -0.39 is 12.0 Å². The van der Waals surface area contributed by atoms with Crippen molar-refractivity contribution in [3.05, 3.63) is 29.8 Å². The molecule has 1 unspecified atom stereocenters. The molecule has 2 rings (SSSR count). The van der Waals surface area contributed by atoms with E-state index in [1.165, 1.54) is 6.42 Å². The second-order valence-electron chi connectivity index (χ2n) is 4.84. The molecular weight excluding hydrogens is 242 g/mol. The Kier molecular flexibility index (Phi) is 4.80. The van der Waals surface area contributed by atoms with Crippen molar-refractivity contribution in [2.24, 2.45) is 0 Å². The minimum Gasteiger partial charge on any atom is -0.494 e. The third-order valence-electron chi connectivity index (χ3n) is 3.50. The maximum Gasteiger partial charge on any atom is 0.325 e. The topological polar surface area (TPSA) is 49.8 Å². The fourth-order valence-corrected chi connectivity index (χ4v) is 2.60. The van der Waals surface area contributed by atoms with Crippen LogP contribution in [0.3, 0.4) is 0 Å². The van der Waals surface area contributed by atoms with E-state index in [-0.39, 0.29) is 0 Å². The van der Waals surface area contributed by atoms with Gasteiger partial charge in [-0.15, -0.1) is 0 Å².